The third kappa shape index (κ3) is 4.33. The Kier molecular flexibility index (Phi) is 6.03. The molecule has 0 radical (unpaired) electrons. The molecule has 2 aliphatic heterocycles. The second-order valence-corrected chi connectivity index (χ2v) is 10.7. The standard InChI is InChI=1S/C24H24N2O7S/c1-13(2)33-19-10-14(3)4-8-20(19)34(31,32)12-15-5-6-16-17(11-15)24(30)26(23(16)29)18-7-9-21(27)25-22(18)28/h4-6,8,10-11,13,18H,7,9,12H2,1-3H3,(H,25,27,28). The van der Waals surface area contributed by atoms with Gasteiger partial charge in [-0.05, 0) is 62.6 Å². The highest BCUT2D eigenvalue weighted by atomic mass is 32.2. The molecule has 0 saturated carbocycles. The zero-order chi connectivity index (χ0) is 24.8. The van der Waals surface area contributed by atoms with Crippen LogP contribution < -0.4 is 10.1 Å². The largest absolute Gasteiger partial charge is 0.490 e. The van der Waals surface area contributed by atoms with Gasteiger partial charge >= 0.3 is 0 Å². The first-order valence-corrected chi connectivity index (χ1v) is 12.5. The fraction of sp³-hybridized carbons (Fsp3) is 0.333. The molecular weight excluding hydrogens is 460 g/mol. The lowest BCUT2D eigenvalue weighted by atomic mass is 10.0. The van der Waals surface area contributed by atoms with Gasteiger partial charge in [0.25, 0.3) is 11.8 Å². The first-order valence-electron chi connectivity index (χ1n) is 10.8. The van der Waals surface area contributed by atoms with Crippen LogP contribution in [0.3, 0.4) is 0 Å². The van der Waals surface area contributed by atoms with Crippen molar-refractivity contribution in [2.45, 2.75) is 56.4 Å². The van der Waals surface area contributed by atoms with E-state index in [-0.39, 0.29) is 40.7 Å². The molecule has 1 fully saturated rings. The topological polar surface area (TPSA) is 127 Å². The van der Waals surface area contributed by atoms with Crippen LogP contribution in [0.1, 0.15) is 58.5 Å². The summed E-state index contributed by atoms with van der Waals surface area (Å²) in [5.74, 6) is -2.64. The van der Waals surface area contributed by atoms with Crippen LogP contribution >= 0.6 is 0 Å². The van der Waals surface area contributed by atoms with Gasteiger partial charge in [-0.25, -0.2) is 8.42 Å². The van der Waals surface area contributed by atoms with Crippen molar-refractivity contribution >= 4 is 33.5 Å². The Balaban J connectivity index is 1.63. The van der Waals surface area contributed by atoms with Gasteiger partial charge in [0.15, 0.2) is 9.84 Å². The van der Waals surface area contributed by atoms with Gasteiger partial charge in [0.2, 0.25) is 11.8 Å². The molecule has 0 spiro atoms. The summed E-state index contributed by atoms with van der Waals surface area (Å²) >= 11 is 0. The monoisotopic (exact) mass is 484 g/mol. The van der Waals surface area contributed by atoms with Crippen LogP contribution in [-0.2, 0) is 25.2 Å². The zero-order valence-corrected chi connectivity index (χ0v) is 19.8. The Bertz CT molecular complexity index is 1330. The predicted octanol–water partition coefficient (Wildman–Crippen LogP) is 2.16. The van der Waals surface area contributed by atoms with E-state index in [2.05, 4.69) is 5.32 Å². The SMILES string of the molecule is Cc1ccc(S(=O)(=O)Cc2ccc3c(c2)C(=O)N(C2CCC(=O)NC2=O)C3=O)c(OC(C)C)c1. The molecule has 1 N–H and O–H groups in total. The van der Waals surface area contributed by atoms with Crippen molar-refractivity contribution in [2.75, 3.05) is 0 Å². The summed E-state index contributed by atoms with van der Waals surface area (Å²) in [5, 5.41) is 2.14. The number of benzene rings is 2. The van der Waals surface area contributed by atoms with Gasteiger partial charge in [-0.2, -0.15) is 0 Å². The maximum Gasteiger partial charge on any atom is 0.262 e. The molecule has 34 heavy (non-hydrogen) atoms. The molecule has 2 aromatic carbocycles. The fourth-order valence-corrected chi connectivity index (χ4v) is 5.59. The molecule has 10 heteroatoms. The van der Waals surface area contributed by atoms with Gasteiger partial charge in [-0.3, -0.25) is 29.4 Å². The van der Waals surface area contributed by atoms with E-state index in [0.717, 1.165) is 10.5 Å². The Morgan fingerprint density at radius 2 is 1.74 bits per heavy atom. The minimum atomic E-state index is -3.84. The van der Waals surface area contributed by atoms with E-state index in [9.17, 15) is 27.6 Å². The number of nitrogens with zero attached hydrogens (tertiary/aromatic N) is 1. The number of hydrogen-bond acceptors (Lipinski definition) is 7. The van der Waals surface area contributed by atoms with E-state index in [1.54, 1.807) is 26.0 Å². The summed E-state index contributed by atoms with van der Waals surface area (Å²) in [7, 11) is -3.84. The molecular formula is C24H24N2O7S. The fourth-order valence-electron chi connectivity index (χ4n) is 4.12. The maximum atomic E-state index is 13.2. The number of nitrogens with one attached hydrogen (secondary N) is 1. The molecule has 4 rings (SSSR count). The lowest BCUT2D eigenvalue weighted by Crippen LogP contribution is -2.54. The van der Waals surface area contributed by atoms with Gasteiger partial charge in [-0.15, -0.1) is 0 Å². The molecule has 178 valence electrons. The number of imide groups is 2. The molecule has 0 aliphatic carbocycles. The first-order chi connectivity index (χ1) is 16.0. The van der Waals surface area contributed by atoms with Crippen molar-refractivity contribution in [1.82, 2.24) is 10.2 Å². The number of ether oxygens (including phenoxy) is 1. The Hall–Kier alpha value is -3.53. The first kappa shape index (κ1) is 23.6. The molecule has 2 heterocycles. The number of amides is 4. The van der Waals surface area contributed by atoms with Crippen molar-refractivity contribution in [2.24, 2.45) is 0 Å². The summed E-state index contributed by atoms with van der Waals surface area (Å²) in [6.45, 7) is 5.44. The highest BCUT2D eigenvalue weighted by Gasteiger charge is 2.44. The number of piperidine rings is 1. The Morgan fingerprint density at radius 3 is 2.41 bits per heavy atom. The number of carbonyl (C=O) groups excluding carboxylic acids is 4. The van der Waals surface area contributed by atoms with Crippen molar-refractivity contribution in [1.29, 1.82) is 0 Å². The Morgan fingerprint density at radius 1 is 1.03 bits per heavy atom. The number of hydrogen-bond donors (Lipinski definition) is 1. The quantitative estimate of drug-likeness (QED) is 0.623. The van der Waals surface area contributed by atoms with Crippen molar-refractivity contribution in [3.63, 3.8) is 0 Å². The second kappa shape index (κ2) is 8.68. The number of fused-ring (bicyclic) bond motifs is 1. The van der Waals surface area contributed by atoms with Crippen LogP contribution in [0.2, 0.25) is 0 Å². The van der Waals surface area contributed by atoms with Gasteiger partial charge < -0.3 is 4.74 Å². The number of aryl methyl sites for hydroxylation is 1. The number of carbonyl (C=O) groups is 4. The third-order valence-electron chi connectivity index (χ3n) is 5.66. The summed E-state index contributed by atoms with van der Waals surface area (Å²) in [6.07, 6.45) is -0.161. The van der Waals surface area contributed by atoms with Crippen LogP contribution in [0, 0.1) is 6.92 Å². The van der Waals surface area contributed by atoms with Crippen LogP contribution in [-0.4, -0.2) is 49.1 Å². The Labute approximate surface area is 197 Å². The maximum absolute atomic E-state index is 13.2. The highest BCUT2D eigenvalue weighted by molar-refractivity contribution is 7.90. The number of sulfone groups is 1. The molecule has 0 bridgehead atoms. The summed E-state index contributed by atoms with van der Waals surface area (Å²) in [4.78, 5) is 50.4. The lowest BCUT2D eigenvalue weighted by molar-refractivity contribution is -0.136. The normalized spacial score (nSPS) is 18.4. The molecule has 2 aromatic rings. The van der Waals surface area contributed by atoms with E-state index in [4.69, 9.17) is 4.74 Å². The van der Waals surface area contributed by atoms with E-state index in [1.165, 1.54) is 24.3 Å². The third-order valence-corrected chi connectivity index (χ3v) is 7.38. The summed E-state index contributed by atoms with van der Waals surface area (Å²) in [5.41, 5.74) is 1.30. The van der Waals surface area contributed by atoms with E-state index in [1.807, 2.05) is 6.92 Å². The van der Waals surface area contributed by atoms with Crippen LogP contribution in [0.25, 0.3) is 0 Å². The van der Waals surface area contributed by atoms with Gasteiger partial charge in [-0.1, -0.05) is 12.1 Å². The van der Waals surface area contributed by atoms with E-state index < -0.39 is 45.3 Å². The lowest BCUT2D eigenvalue weighted by Gasteiger charge is -2.27. The summed E-state index contributed by atoms with van der Waals surface area (Å²) in [6, 6.07) is 8.00. The van der Waals surface area contributed by atoms with Crippen LogP contribution in [0.4, 0.5) is 0 Å². The van der Waals surface area contributed by atoms with Gasteiger partial charge in [0.1, 0.15) is 16.7 Å². The molecule has 1 atom stereocenters. The average Bonchev–Trinajstić information content (AvgIpc) is 2.97. The van der Waals surface area contributed by atoms with E-state index in [0.29, 0.717) is 5.56 Å². The van der Waals surface area contributed by atoms with Gasteiger partial charge in [0, 0.05) is 6.42 Å². The molecule has 4 amide bonds. The molecule has 9 nitrogen and oxygen atoms in total. The van der Waals surface area contributed by atoms with Crippen molar-refractivity contribution in [3.05, 3.63) is 58.7 Å². The minimum absolute atomic E-state index is 0.0185. The van der Waals surface area contributed by atoms with Crippen molar-refractivity contribution in [3.8, 4) is 5.75 Å². The highest BCUT2D eigenvalue weighted by Crippen LogP contribution is 2.32. The predicted molar refractivity (Wildman–Crippen MR) is 121 cm³/mol. The van der Waals surface area contributed by atoms with Gasteiger partial charge in [0.05, 0.1) is 23.0 Å². The zero-order valence-electron chi connectivity index (χ0n) is 19.0. The van der Waals surface area contributed by atoms with Crippen LogP contribution in [0.15, 0.2) is 41.3 Å². The van der Waals surface area contributed by atoms with Crippen LogP contribution in [0.5, 0.6) is 5.75 Å². The minimum Gasteiger partial charge on any atom is -0.490 e. The summed E-state index contributed by atoms with van der Waals surface area (Å²) < 4.78 is 32.1. The molecule has 0 aromatic heterocycles. The second-order valence-electron chi connectivity index (χ2n) is 8.70. The average molecular weight is 485 g/mol. The van der Waals surface area contributed by atoms with Crippen molar-refractivity contribution < 1.29 is 32.3 Å². The number of rotatable bonds is 6. The van der Waals surface area contributed by atoms with E-state index >= 15 is 0 Å². The molecule has 1 saturated heterocycles. The molecule has 1 unspecified atom stereocenters. The smallest absolute Gasteiger partial charge is 0.262 e. The molecule has 2 aliphatic rings.